The van der Waals surface area contributed by atoms with E-state index in [0.29, 0.717) is 22.1 Å². The molecule has 0 saturated carbocycles. The number of rotatable bonds is 8. The average Bonchev–Trinajstić information content (AvgIpc) is 2.66. The predicted molar refractivity (Wildman–Crippen MR) is 108 cm³/mol. The lowest BCUT2D eigenvalue weighted by atomic mass is 10.1. The second-order valence-corrected chi connectivity index (χ2v) is 6.58. The highest BCUT2D eigenvalue weighted by molar-refractivity contribution is 6.32. The smallest absolute Gasteiger partial charge is 0.269 e. The van der Waals surface area contributed by atoms with Gasteiger partial charge in [-0.15, -0.1) is 0 Å². The van der Waals surface area contributed by atoms with E-state index in [-0.39, 0.29) is 24.2 Å². The SMILES string of the molecule is COc1cc(/C=C/C(=O)NCc2ccc([N+](=O)[O-])cc2)cc(Cl)c1OC(C)C. The third-order valence-corrected chi connectivity index (χ3v) is 3.93. The fraction of sp³-hybridized carbons (Fsp3) is 0.250. The largest absolute Gasteiger partial charge is 0.493 e. The van der Waals surface area contributed by atoms with Crippen molar-refractivity contribution in [2.24, 2.45) is 0 Å². The number of nitro benzene ring substituents is 1. The zero-order valence-corrected chi connectivity index (χ0v) is 16.5. The number of hydrogen-bond donors (Lipinski definition) is 1. The van der Waals surface area contributed by atoms with Gasteiger partial charge in [-0.25, -0.2) is 0 Å². The summed E-state index contributed by atoms with van der Waals surface area (Å²) in [4.78, 5) is 22.2. The predicted octanol–water partition coefficient (Wildman–Crippen LogP) is 4.37. The lowest BCUT2D eigenvalue weighted by Crippen LogP contribution is -2.20. The molecule has 7 nitrogen and oxygen atoms in total. The Kier molecular flexibility index (Phi) is 7.40. The molecule has 0 radical (unpaired) electrons. The third-order valence-electron chi connectivity index (χ3n) is 3.65. The Labute approximate surface area is 168 Å². The van der Waals surface area contributed by atoms with Gasteiger partial charge in [-0.05, 0) is 43.2 Å². The van der Waals surface area contributed by atoms with Gasteiger partial charge < -0.3 is 14.8 Å². The molecule has 0 aliphatic rings. The van der Waals surface area contributed by atoms with Crippen molar-refractivity contribution in [3.05, 3.63) is 68.7 Å². The van der Waals surface area contributed by atoms with Crippen molar-refractivity contribution >= 4 is 29.3 Å². The van der Waals surface area contributed by atoms with E-state index in [1.807, 2.05) is 13.8 Å². The molecule has 0 bridgehead atoms. The molecular formula is C20H21ClN2O5. The molecule has 0 aliphatic heterocycles. The molecule has 148 valence electrons. The highest BCUT2D eigenvalue weighted by atomic mass is 35.5. The Hall–Kier alpha value is -3.06. The van der Waals surface area contributed by atoms with E-state index in [1.54, 1.807) is 30.3 Å². The van der Waals surface area contributed by atoms with E-state index in [2.05, 4.69) is 5.32 Å². The minimum atomic E-state index is -0.470. The zero-order valence-electron chi connectivity index (χ0n) is 15.8. The van der Waals surface area contributed by atoms with Crippen LogP contribution in [0.2, 0.25) is 5.02 Å². The van der Waals surface area contributed by atoms with E-state index in [4.69, 9.17) is 21.1 Å². The highest BCUT2D eigenvalue weighted by Crippen LogP contribution is 2.37. The molecule has 28 heavy (non-hydrogen) atoms. The second-order valence-electron chi connectivity index (χ2n) is 6.18. The summed E-state index contributed by atoms with van der Waals surface area (Å²) in [6, 6.07) is 9.39. The van der Waals surface area contributed by atoms with E-state index in [0.717, 1.165) is 5.56 Å². The van der Waals surface area contributed by atoms with Gasteiger partial charge in [-0.2, -0.15) is 0 Å². The topological polar surface area (TPSA) is 90.7 Å². The Morgan fingerprint density at radius 2 is 1.96 bits per heavy atom. The van der Waals surface area contributed by atoms with Crippen LogP contribution in [0.1, 0.15) is 25.0 Å². The van der Waals surface area contributed by atoms with Crippen LogP contribution in [0.3, 0.4) is 0 Å². The van der Waals surface area contributed by atoms with E-state index >= 15 is 0 Å². The number of amides is 1. The van der Waals surface area contributed by atoms with Crippen LogP contribution in [-0.2, 0) is 11.3 Å². The van der Waals surface area contributed by atoms with Crippen LogP contribution in [-0.4, -0.2) is 24.0 Å². The number of carbonyl (C=O) groups excluding carboxylic acids is 1. The number of carbonyl (C=O) groups is 1. The third kappa shape index (κ3) is 5.99. The number of benzene rings is 2. The molecule has 0 atom stereocenters. The van der Waals surface area contributed by atoms with Gasteiger partial charge in [0.25, 0.3) is 5.69 Å². The van der Waals surface area contributed by atoms with Crippen LogP contribution in [0.15, 0.2) is 42.5 Å². The Balaban J connectivity index is 2.01. The van der Waals surface area contributed by atoms with E-state index in [1.165, 1.54) is 25.3 Å². The minimum Gasteiger partial charge on any atom is -0.493 e. The number of nitrogens with zero attached hydrogens (tertiary/aromatic N) is 1. The summed E-state index contributed by atoms with van der Waals surface area (Å²) >= 11 is 6.26. The van der Waals surface area contributed by atoms with E-state index < -0.39 is 4.92 Å². The van der Waals surface area contributed by atoms with Gasteiger partial charge in [0.15, 0.2) is 11.5 Å². The molecule has 0 heterocycles. The van der Waals surface area contributed by atoms with Gasteiger partial charge in [-0.1, -0.05) is 23.7 Å². The Morgan fingerprint density at radius 1 is 1.29 bits per heavy atom. The van der Waals surface area contributed by atoms with Crippen molar-refractivity contribution in [3.63, 3.8) is 0 Å². The first kappa shape index (κ1) is 21.2. The molecular weight excluding hydrogens is 384 g/mol. The maximum Gasteiger partial charge on any atom is 0.269 e. The zero-order chi connectivity index (χ0) is 20.7. The molecule has 0 spiro atoms. The molecule has 2 rings (SSSR count). The number of hydrogen-bond acceptors (Lipinski definition) is 5. The van der Waals surface area contributed by atoms with Crippen molar-refractivity contribution in [3.8, 4) is 11.5 Å². The molecule has 1 amide bonds. The molecule has 1 N–H and O–H groups in total. The standard InChI is InChI=1S/C20H21ClN2O5/c1-13(2)28-20-17(21)10-15(11-18(20)27-3)6-9-19(24)22-12-14-4-7-16(8-5-14)23(25)26/h4-11,13H,12H2,1-3H3,(H,22,24)/b9-6+. The molecule has 8 heteroatoms. The van der Waals surface area contributed by atoms with E-state index in [9.17, 15) is 14.9 Å². The van der Waals surface area contributed by atoms with Crippen molar-refractivity contribution in [1.82, 2.24) is 5.32 Å². The summed E-state index contributed by atoms with van der Waals surface area (Å²) < 4.78 is 11.0. The lowest BCUT2D eigenvalue weighted by molar-refractivity contribution is -0.384. The van der Waals surface area contributed by atoms with Crippen LogP contribution in [0.25, 0.3) is 6.08 Å². The summed E-state index contributed by atoms with van der Waals surface area (Å²) in [5.74, 6) is 0.627. The Morgan fingerprint density at radius 3 is 2.54 bits per heavy atom. The van der Waals surface area contributed by atoms with Gasteiger partial charge >= 0.3 is 0 Å². The number of nitrogens with one attached hydrogen (secondary N) is 1. The van der Waals surface area contributed by atoms with Gasteiger partial charge in [0.2, 0.25) is 5.91 Å². The summed E-state index contributed by atoms with van der Waals surface area (Å²) in [7, 11) is 1.52. The number of nitro groups is 1. The first-order chi connectivity index (χ1) is 13.3. The van der Waals surface area contributed by atoms with Gasteiger partial charge in [0.1, 0.15) is 0 Å². The van der Waals surface area contributed by atoms with Gasteiger partial charge in [-0.3, -0.25) is 14.9 Å². The maximum atomic E-state index is 12.0. The van der Waals surface area contributed by atoms with Crippen LogP contribution < -0.4 is 14.8 Å². The monoisotopic (exact) mass is 404 g/mol. The molecule has 0 fully saturated rings. The molecule has 0 aromatic heterocycles. The fourth-order valence-corrected chi connectivity index (χ4v) is 2.61. The van der Waals surface area contributed by atoms with Crippen molar-refractivity contribution in [2.75, 3.05) is 7.11 Å². The van der Waals surface area contributed by atoms with Crippen molar-refractivity contribution in [2.45, 2.75) is 26.5 Å². The minimum absolute atomic E-state index is 0.00527. The summed E-state index contributed by atoms with van der Waals surface area (Å²) in [6.07, 6.45) is 2.93. The molecule has 2 aromatic carbocycles. The molecule has 0 saturated heterocycles. The first-order valence-electron chi connectivity index (χ1n) is 8.53. The highest BCUT2D eigenvalue weighted by Gasteiger charge is 2.13. The quantitative estimate of drug-likeness (QED) is 0.400. The first-order valence-corrected chi connectivity index (χ1v) is 8.91. The van der Waals surface area contributed by atoms with Crippen molar-refractivity contribution < 1.29 is 19.2 Å². The van der Waals surface area contributed by atoms with Gasteiger partial charge in [0.05, 0.1) is 23.2 Å². The summed E-state index contributed by atoms with van der Waals surface area (Å²) in [5, 5.41) is 13.7. The fourth-order valence-electron chi connectivity index (χ4n) is 2.34. The van der Waals surface area contributed by atoms with Crippen molar-refractivity contribution in [1.29, 1.82) is 0 Å². The molecule has 0 aliphatic carbocycles. The lowest BCUT2D eigenvalue weighted by Gasteiger charge is -2.15. The number of ether oxygens (including phenoxy) is 2. The maximum absolute atomic E-state index is 12.0. The average molecular weight is 405 g/mol. The number of halogens is 1. The van der Waals surface area contributed by atoms with Gasteiger partial charge in [0, 0.05) is 24.8 Å². The number of non-ortho nitro benzene ring substituents is 1. The normalized spacial score (nSPS) is 10.9. The Bertz CT molecular complexity index is 879. The van der Waals surface area contributed by atoms with Crippen LogP contribution in [0, 0.1) is 10.1 Å². The summed E-state index contributed by atoms with van der Waals surface area (Å²) in [5.41, 5.74) is 1.45. The second kappa shape index (κ2) is 9.75. The van der Waals surface area contributed by atoms with Crippen LogP contribution in [0.5, 0.6) is 11.5 Å². The molecule has 0 unspecified atom stereocenters. The number of methoxy groups -OCH3 is 1. The van der Waals surface area contributed by atoms with Crippen LogP contribution in [0.4, 0.5) is 5.69 Å². The van der Waals surface area contributed by atoms with Crippen LogP contribution >= 0.6 is 11.6 Å². The summed E-state index contributed by atoms with van der Waals surface area (Å²) in [6.45, 7) is 4.03. The molecule has 2 aromatic rings.